The number of hydrogen-bond donors (Lipinski definition) is 0. The van der Waals surface area contributed by atoms with Gasteiger partial charge in [0.05, 0.1) is 24.8 Å². The Morgan fingerprint density at radius 3 is 2.92 bits per heavy atom. The maximum Gasteiger partial charge on any atom is 0.360 e. The van der Waals surface area contributed by atoms with E-state index in [1.807, 2.05) is 6.92 Å². The van der Waals surface area contributed by atoms with Crippen LogP contribution in [0.1, 0.15) is 20.3 Å². The van der Waals surface area contributed by atoms with Gasteiger partial charge in [-0.15, -0.1) is 0 Å². The van der Waals surface area contributed by atoms with Crippen LogP contribution in [0.15, 0.2) is 11.6 Å². The molecule has 0 aromatic carbocycles. The van der Waals surface area contributed by atoms with Gasteiger partial charge in [0, 0.05) is 0 Å². The molecule has 0 amide bonds. The summed E-state index contributed by atoms with van der Waals surface area (Å²) in [5.41, 5.74) is 0. The minimum Gasteiger partial charge on any atom is -0.498 e. The fourth-order valence-corrected chi connectivity index (χ4v) is 2.73. The zero-order valence-corrected chi connectivity index (χ0v) is 8.88. The Morgan fingerprint density at radius 1 is 1.54 bits per heavy atom. The summed E-state index contributed by atoms with van der Waals surface area (Å²) in [6.07, 6.45) is 2.13. The van der Waals surface area contributed by atoms with Gasteiger partial charge in [-0.2, -0.15) is 0 Å². The SMILES string of the molecule is CCOP1(=O)OCCOC=C1CC. The molecule has 0 fully saturated rings. The third kappa shape index (κ3) is 2.56. The number of rotatable bonds is 3. The molecule has 0 aromatic heterocycles. The Morgan fingerprint density at radius 2 is 2.31 bits per heavy atom. The zero-order valence-electron chi connectivity index (χ0n) is 7.99. The molecular weight excluding hydrogens is 191 g/mol. The van der Waals surface area contributed by atoms with Crippen molar-refractivity contribution in [3.05, 3.63) is 11.6 Å². The molecule has 0 saturated carbocycles. The first-order valence-corrected chi connectivity index (χ1v) is 5.97. The van der Waals surface area contributed by atoms with E-state index in [0.29, 0.717) is 31.6 Å². The van der Waals surface area contributed by atoms with Crippen molar-refractivity contribution >= 4 is 7.60 Å². The molecule has 76 valence electrons. The van der Waals surface area contributed by atoms with Gasteiger partial charge in [-0.05, 0) is 13.3 Å². The van der Waals surface area contributed by atoms with Gasteiger partial charge in [-0.25, -0.2) is 0 Å². The number of allylic oxidation sites excluding steroid dienone is 1. The van der Waals surface area contributed by atoms with Crippen LogP contribution in [0.3, 0.4) is 0 Å². The summed E-state index contributed by atoms with van der Waals surface area (Å²) in [6.45, 7) is 4.82. The molecule has 0 spiro atoms. The lowest BCUT2D eigenvalue weighted by molar-refractivity contribution is 0.167. The van der Waals surface area contributed by atoms with Gasteiger partial charge in [-0.3, -0.25) is 4.57 Å². The van der Waals surface area contributed by atoms with Crippen LogP contribution in [0, 0.1) is 0 Å². The minimum atomic E-state index is -3.03. The van der Waals surface area contributed by atoms with E-state index in [0.717, 1.165) is 0 Å². The zero-order chi connectivity index (χ0) is 9.73. The third-order valence-corrected chi connectivity index (χ3v) is 3.94. The Labute approximate surface area is 78.4 Å². The van der Waals surface area contributed by atoms with Crippen LogP contribution in [-0.4, -0.2) is 19.8 Å². The van der Waals surface area contributed by atoms with Crippen molar-refractivity contribution in [2.45, 2.75) is 20.3 Å². The molecule has 1 unspecified atom stereocenters. The second-order valence-corrected chi connectivity index (χ2v) is 4.67. The molecule has 0 bridgehead atoms. The highest BCUT2D eigenvalue weighted by Crippen LogP contribution is 2.57. The minimum absolute atomic E-state index is 0.317. The van der Waals surface area contributed by atoms with E-state index in [-0.39, 0.29) is 0 Å². The fraction of sp³-hybridized carbons (Fsp3) is 0.750. The van der Waals surface area contributed by atoms with Gasteiger partial charge in [0.1, 0.15) is 6.61 Å². The standard InChI is InChI=1S/C8H15O4P/c1-3-8-7-10-5-6-12-13(8,9)11-4-2/h7H,3-6H2,1-2H3. The van der Waals surface area contributed by atoms with Crippen LogP contribution in [0.5, 0.6) is 0 Å². The van der Waals surface area contributed by atoms with E-state index in [9.17, 15) is 4.57 Å². The normalized spacial score (nSPS) is 28.9. The Kier molecular flexibility index (Phi) is 3.97. The smallest absolute Gasteiger partial charge is 0.360 e. The van der Waals surface area contributed by atoms with Crippen molar-refractivity contribution in [3.8, 4) is 0 Å². The van der Waals surface area contributed by atoms with Gasteiger partial charge in [0.15, 0.2) is 0 Å². The quantitative estimate of drug-likeness (QED) is 0.665. The average Bonchev–Trinajstić information content (AvgIpc) is 2.27. The van der Waals surface area contributed by atoms with Crippen LogP contribution in [0.25, 0.3) is 0 Å². The average molecular weight is 206 g/mol. The molecule has 1 aliphatic rings. The van der Waals surface area contributed by atoms with E-state index in [1.54, 1.807) is 6.92 Å². The van der Waals surface area contributed by atoms with Crippen molar-refractivity contribution in [1.82, 2.24) is 0 Å². The first kappa shape index (κ1) is 10.8. The molecule has 1 heterocycles. The predicted molar refractivity (Wildman–Crippen MR) is 49.5 cm³/mol. The summed E-state index contributed by atoms with van der Waals surface area (Å²) >= 11 is 0. The van der Waals surface area contributed by atoms with E-state index >= 15 is 0 Å². The predicted octanol–water partition coefficient (Wildman–Crippen LogP) is 2.51. The highest BCUT2D eigenvalue weighted by atomic mass is 31.2. The van der Waals surface area contributed by atoms with E-state index in [2.05, 4.69) is 0 Å². The fourth-order valence-electron chi connectivity index (χ4n) is 1.08. The molecule has 0 aromatic rings. The summed E-state index contributed by atoms with van der Waals surface area (Å²) in [4.78, 5) is 0. The van der Waals surface area contributed by atoms with Gasteiger partial charge >= 0.3 is 7.60 Å². The van der Waals surface area contributed by atoms with Gasteiger partial charge < -0.3 is 13.8 Å². The summed E-state index contributed by atoms with van der Waals surface area (Å²) < 4.78 is 27.4. The highest BCUT2D eigenvalue weighted by Gasteiger charge is 2.30. The van der Waals surface area contributed by atoms with Crippen LogP contribution in [0.4, 0.5) is 0 Å². The van der Waals surface area contributed by atoms with Crippen molar-refractivity contribution in [1.29, 1.82) is 0 Å². The molecule has 0 radical (unpaired) electrons. The number of ether oxygens (including phenoxy) is 1. The van der Waals surface area contributed by atoms with E-state index in [4.69, 9.17) is 13.8 Å². The monoisotopic (exact) mass is 206 g/mol. The van der Waals surface area contributed by atoms with Crippen LogP contribution < -0.4 is 0 Å². The molecule has 1 aliphatic heterocycles. The van der Waals surface area contributed by atoms with Gasteiger partial charge in [-0.1, -0.05) is 6.92 Å². The molecule has 0 N–H and O–H groups in total. The van der Waals surface area contributed by atoms with Crippen LogP contribution >= 0.6 is 7.60 Å². The van der Waals surface area contributed by atoms with Crippen molar-refractivity contribution in [2.75, 3.05) is 19.8 Å². The van der Waals surface area contributed by atoms with Gasteiger partial charge in [0.25, 0.3) is 0 Å². The van der Waals surface area contributed by atoms with Crippen molar-refractivity contribution in [2.24, 2.45) is 0 Å². The molecule has 1 rings (SSSR count). The third-order valence-electron chi connectivity index (χ3n) is 1.69. The molecule has 13 heavy (non-hydrogen) atoms. The molecule has 0 aliphatic carbocycles. The Balaban J connectivity index is 2.82. The van der Waals surface area contributed by atoms with Crippen molar-refractivity contribution < 1.29 is 18.3 Å². The first-order chi connectivity index (χ1) is 6.23. The lowest BCUT2D eigenvalue weighted by Crippen LogP contribution is -1.99. The lowest BCUT2D eigenvalue weighted by atomic mass is 10.5. The van der Waals surface area contributed by atoms with Gasteiger partial charge in [0.2, 0.25) is 0 Å². The second-order valence-electron chi connectivity index (χ2n) is 2.58. The van der Waals surface area contributed by atoms with Crippen LogP contribution in [0.2, 0.25) is 0 Å². The maximum atomic E-state index is 12.0. The second kappa shape index (κ2) is 4.80. The number of hydrogen-bond acceptors (Lipinski definition) is 4. The maximum absolute atomic E-state index is 12.0. The van der Waals surface area contributed by atoms with E-state index in [1.165, 1.54) is 6.26 Å². The molecule has 1 atom stereocenters. The molecule has 5 heteroatoms. The topological polar surface area (TPSA) is 44.8 Å². The summed E-state index contributed by atoms with van der Waals surface area (Å²) in [5, 5.41) is 0.617. The summed E-state index contributed by atoms with van der Waals surface area (Å²) in [7, 11) is -3.03. The highest BCUT2D eigenvalue weighted by molar-refractivity contribution is 7.58. The molecule has 0 saturated heterocycles. The largest absolute Gasteiger partial charge is 0.498 e. The molecular formula is C8H15O4P. The van der Waals surface area contributed by atoms with Crippen molar-refractivity contribution in [3.63, 3.8) is 0 Å². The first-order valence-electron chi connectivity index (χ1n) is 4.43. The summed E-state index contributed by atoms with van der Waals surface area (Å²) in [6, 6.07) is 0. The molecule has 4 nitrogen and oxygen atoms in total. The Bertz CT molecular complexity index is 236. The van der Waals surface area contributed by atoms with Crippen LogP contribution in [-0.2, 0) is 18.3 Å². The Hall–Kier alpha value is -0.310. The summed E-state index contributed by atoms with van der Waals surface area (Å²) in [5.74, 6) is 0. The van der Waals surface area contributed by atoms with E-state index < -0.39 is 7.60 Å². The lowest BCUT2D eigenvalue weighted by Gasteiger charge is -2.16.